The highest BCUT2D eigenvalue weighted by molar-refractivity contribution is 5.74. The number of aromatic nitrogens is 1. The highest BCUT2D eigenvalue weighted by Gasteiger charge is 2.31. The third-order valence-corrected chi connectivity index (χ3v) is 4.51. The Kier molecular flexibility index (Phi) is 5.59. The van der Waals surface area contributed by atoms with E-state index >= 15 is 0 Å². The van der Waals surface area contributed by atoms with Crippen LogP contribution in [0.4, 0.5) is 4.79 Å². The minimum atomic E-state index is -0.0661. The zero-order chi connectivity index (χ0) is 15.2. The van der Waals surface area contributed by atoms with Gasteiger partial charge >= 0.3 is 6.03 Å². The van der Waals surface area contributed by atoms with Crippen LogP contribution >= 0.6 is 0 Å². The van der Waals surface area contributed by atoms with Crippen molar-refractivity contribution in [3.05, 3.63) is 30.1 Å². The smallest absolute Gasteiger partial charge is 0.315 e. The molecule has 1 aliphatic rings. The van der Waals surface area contributed by atoms with E-state index in [1.807, 2.05) is 12.1 Å². The Bertz CT molecular complexity index is 447. The van der Waals surface area contributed by atoms with Crippen molar-refractivity contribution in [1.29, 1.82) is 0 Å². The van der Waals surface area contributed by atoms with Gasteiger partial charge in [0.25, 0.3) is 0 Å². The molecule has 2 rings (SSSR count). The largest absolute Gasteiger partial charge is 0.335 e. The summed E-state index contributed by atoms with van der Waals surface area (Å²) in [7, 11) is 0. The predicted octanol–water partition coefficient (Wildman–Crippen LogP) is 3.34. The molecular formula is C17H27N3O. The Morgan fingerprint density at radius 3 is 2.90 bits per heavy atom. The van der Waals surface area contributed by atoms with Gasteiger partial charge in [-0.1, -0.05) is 33.3 Å². The van der Waals surface area contributed by atoms with Crippen LogP contribution in [0.25, 0.3) is 0 Å². The lowest BCUT2D eigenvalue weighted by molar-refractivity contribution is 0.168. The Labute approximate surface area is 127 Å². The molecule has 0 unspecified atom stereocenters. The maximum absolute atomic E-state index is 12.1. The number of rotatable bonds is 4. The summed E-state index contributed by atoms with van der Waals surface area (Å²) >= 11 is 0. The molecule has 2 N–H and O–H groups in total. The minimum Gasteiger partial charge on any atom is -0.335 e. The predicted molar refractivity (Wildman–Crippen MR) is 84.7 cm³/mol. The molecule has 1 fully saturated rings. The molecule has 1 aromatic heterocycles. The van der Waals surface area contributed by atoms with Crippen LogP contribution < -0.4 is 10.6 Å². The molecule has 1 heterocycles. The fourth-order valence-corrected chi connectivity index (χ4v) is 3.27. The molecule has 1 aromatic rings. The number of carbonyl (C=O) groups excluding carboxylic acids is 1. The molecule has 4 heteroatoms. The number of pyridine rings is 1. The summed E-state index contributed by atoms with van der Waals surface area (Å²) in [6.45, 7) is 7.30. The summed E-state index contributed by atoms with van der Waals surface area (Å²) in [6.07, 6.45) is 7.09. The molecule has 0 aliphatic heterocycles. The second-order valence-corrected chi connectivity index (χ2v) is 6.62. The average molecular weight is 289 g/mol. The van der Waals surface area contributed by atoms with Crippen LogP contribution in [0.3, 0.4) is 0 Å². The zero-order valence-electron chi connectivity index (χ0n) is 13.3. The lowest BCUT2D eigenvalue weighted by Crippen LogP contribution is -2.49. The van der Waals surface area contributed by atoms with Gasteiger partial charge in [0.2, 0.25) is 0 Å². The van der Waals surface area contributed by atoms with Crippen molar-refractivity contribution in [2.24, 2.45) is 17.8 Å². The van der Waals surface area contributed by atoms with Gasteiger partial charge in [0.1, 0.15) is 0 Å². The first kappa shape index (κ1) is 15.8. The van der Waals surface area contributed by atoms with Gasteiger partial charge in [-0.25, -0.2) is 4.79 Å². The number of hydrogen-bond donors (Lipinski definition) is 2. The molecular weight excluding hydrogens is 262 g/mol. The molecule has 21 heavy (non-hydrogen) atoms. The van der Waals surface area contributed by atoms with Crippen molar-refractivity contribution in [2.45, 2.75) is 52.6 Å². The summed E-state index contributed by atoms with van der Waals surface area (Å²) < 4.78 is 0. The van der Waals surface area contributed by atoms with Crippen molar-refractivity contribution in [3.8, 4) is 0 Å². The van der Waals surface area contributed by atoms with Gasteiger partial charge in [-0.05, 0) is 42.2 Å². The molecule has 2 amide bonds. The van der Waals surface area contributed by atoms with Crippen LogP contribution in [0.15, 0.2) is 24.5 Å². The van der Waals surface area contributed by atoms with Crippen LogP contribution in [0.5, 0.6) is 0 Å². The summed E-state index contributed by atoms with van der Waals surface area (Å²) in [6, 6.07) is 4.07. The third-order valence-electron chi connectivity index (χ3n) is 4.51. The van der Waals surface area contributed by atoms with E-state index in [2.05, 4.69) is 36.4 Å². The molecule has 0 aromatic carbocycles. The van der Waals surface area contributed by atoms with Gasteiger partial charge in [0.05, 0.1) is 0 Å². The number of amides is 2. The van der Waals surface area contributed by atoms with E-state index in [4.69, 9.17) is 0 Å². The molecule has 0 bridgehead atoms. The number of urea groups is 1. The van der Waals surface area contributed by atoms with Crippen LogP contribution in [-0.2, 0) is 6.54 Å². The molecule has 0 saturated heterocycles. The first-order valence-corrected chi connectivity index (χ1v) is 7.99. The van der Waals surface area contributed by atoms with E-state index in [-0.39, 0.29) is 6.03 Å². The Hall–Kier alpha value is -1.58. The second kappa shape index (κ2) is 7.43. The Balaban J connectivity index is 1.85. The van der Waals surface area contributed by atoms with E-state index < -0.39 is 0 Å². The van der Waals surface area contributed by atoms with Gasteiger partial charge < -0.3 is 10.6 Å². The van der Waals surface area contributed by atoms with Crippen LogP contribution in [-0.4, -0.2) is 17.1 Å². The van der Waals surface area contributed by atoms with Crippen LogP contribution in [0, 0.1) is 17.8 Å². The first-order chi connectivity index (χ1) is 10.1. The Morgan fingerprint density at radius 1 is 1.43 bits per heavy atom. The molecule has 4 nitrogen and oxygen atoms in total. The Morgan fingerprint density at radius 2 is 2.24 bits per heavy atom. The average Bonchev–Trinajstić information content (AvgIpc) is 2.46. The van der Waals surface area contributed by atoms with E-state index in [0.29, 0.717) is 30.3 Å². The van der Waals surface area contributed by atoms with Crippen molar-refractivity contribution >= 4 is 6.03 Å². The fraction of sp³-hybridized carbons (Fsp3) is 0.647. The monoisotopic (exact) mass is 289 g/mol. The van der Waals surface area contributed by atoms with E-state index in [0.717, 1.165) is 12.0 Å². The molecule has 1 aliphatic carbocycles. The fourth-order valence-electron chi connectivity index (χ4n) is 3.27. The maximum atomic E-state index is 12.1. The third kappa shape index (κ3) is 4.73. The molecule has 0 spiro atoms. The summed E-state index contributed by atoms with van der Waals surface area (Å²) in [5.41, 5.74) is 1.02. The van der Waals surface area contributed by atoms with Crippen molar-refractivity contribution < 1.29 is 4.79 Å². The molecule has 3 atom stereocenters. The maximum Gasteiger partial charge on any atom is 0.315 e. The summed E-state index contributed by atoms with van der Waals surface area (Å²) in [4.78, 5) is 16.2. The molecule has 0 radical (unpaired) electrons. The molecule has 1 saturated carbocycles. The first-order valence-electron chi connectivity index (χ1n) is 7.99. The standard InChI is InChI=1S/C17H27N3O/c1-12(2)15-7-6-13(3)9-16(15)20-17(21)19-11-14-5-4-8-18-10-14/h4-5,8,10,12-13,15-16H,6-7,9,11H2,1-3H3,(H2,19,20,21)/t13-,15+,16+/m1/s1. The van der Waals surface area contributed by atoms with Gasteiger partial charge in [0.15, 0.2) is 0 Å². The SMILES string of the molecule is CC(C)[C@@H]1CC[C@@H](C)C[C@@H]1NC(=O)NCc1cccnc1. The van der Waals surface area contributed by atoms with Crippen molar-refractivity contribution in [1.82, 2.24) is 15.6 Å². The number of nitrogens with one attached hydrogen (secondary N) is 2. The number of carbonyl (C=O) groups is 1. The lowest BCUT2D eigenvalue weighted by atomic mass is 9.74. The van der Waals surface area contributed by atoms with Gasteiger partial charge in [-0.2, -0.15) is 0 Å². The van der Waals surface area contributed by atoms with E-state index in [9.17, 15) is 4.79 Å². The normalized spacial score (nSPS) is 25.6. The number of nitrogens with zero attached hydrogens (tertiary/aromatic N) is 1. The topological polar surface area (TPSA) is 54.0 Å². The second-order valence-electron chi connectivity index (χ2n) is 6.62. The quantitative estimate of drug-likeness (QED) is 0.893. The lowest BCUT2D eigenvalue weighted by Gasteiger charge is -2.37. The van der Waals surface area contributed by atoms with Crippen molar-refractivity contribution in [2.75, 3.05) is 0 Å². The molecule has 116 valence electrons. The zero-order valence-corrected chi connectivity index (χ0v) is 13.3. The van der Waals surface area contributed by atoms with Gasteiger partial charge in [-0.15, -0.1) is 0 Å². The van der Waals surface area contributed by atoms with E-state index in [1.165, 1.54) is 12.8 Å². The highest BCUT2D eigenvalue weighted by Crippen LogP contribution is 2.33. The van der Waals surface area contributed by atoms with Crippen molar-refractivity contribution in [3.63, 3.8) is 0 Å². The number of hydrogen-bond acceptors (Lipinski definition) is 2. The van der Waals surface area contributed by atoms with Crippen LogP contribution in [0.1, 0.15) is 45.6 Å². The minimum absolute atomic E-state index is 0.0661. The summed E-state index contributed by atoms with van der Waals surface area (Å²) in [5, 5.41) is 6.11. The highest BCUT2D eigenvalue weighted by atomic mass is 16.2. The van der Waals surface area contributed by atoms with Crippen LogP contribution in [0.2, 0.25) is 0 Å². The van der Waals surface area contributed by atoms with Gasteiger partial charge in [0, 0.05) is 25.0 Å². The summed E-state index contributed by atoms with van der Waals surface area (Å²) in [5.74, 6) is 1.90. The van der Waals surface area contributed by atoms with Gasteiger partial charge in [-0.3, -0.25) is 4.98 Å². The van der Waals surface area contributed by atoms with E-state index in [1.54, 1.807) is 12.4 Å².